The van der Waals surface area contributed by atoms with Crippen molar-refractivity contribution >= 4 is 50.6 Å². The predicted molar refractivity (Wildman–Crippen MR) is 122 cm³/mol. The van der Waals surface area contributed by atoms with Gasteiger partial charge in [-0.1, -0.05) is 41.9 Å². The molecule has 0 radical (unpaired) electrons. The fraction of sp³-hybridized carbons (Fsp3) is 0.174. The molecule has 4 aromatic rings. The number of rotatable bonds is 6. The van der Waals surface area contributed by atoms with Gasteiger partial charge in [-0.15, -0.1) is 11.3 Å². The molecule has 0 atom stereocenters. The maximum absolute atomic E-state index is 13.1. The SMILES string of the molecule is Cc1c(C(=O)OCCc2ccccc2)sc2ncnc(Nc3cc(C(F)(F)F)ccc3Cl)c12. The number of benzene rings is 2. The second-order valence-electron chi connectivity index (χ2n) is 7.15. The first-order chi connectivity index (χ1) is 15.7. The predicted octanol–water partition coefficient (Wildman–Crippen LogP) is 6.82. The zero-order valence-electron chi connectivity index (χ0n) is 17.2. The van der Waals surface area contributed by atoms with Crippen molar-refractivity contribution in [3.05, 3.63) is 81.4 Å². The molecule has 0 saturated carbocycles. The van der Waals surface area contributed by atoms with Crippen molar-refractivity contribution < 1.29 is 22.7 Å². The van der Waals surface area contributed by atoms with Crippen molar-refractivity contribution in [3.63, 3.8) is 0 Å². The second-order valence-corrected chi connectivity index (χ2v) is 8.55. The van der Waals surface area contributed by atoms with Gasteiger partial charge in [-0.05, 0) is 36.2 Å². The summed E-state index contributed by atoms with van der Waals surface area (Å²) in [6, 6.07) is 12.6. The van der Waals surface area contributed by atoms with E-state index in [1.807, 2.05) is 30.3 Å². The Balaban J connectivity index is 1.59. The third-order valence-corrected chi connectivity index (χ3v) is 6.44. The molecule has 0 unspecified atom stereocenters. The number of hydrogen-bond donors (Lipinski definition) is 1. The highest BCUT2D eigenvalue weighted by molar-refractivity contribution is 7.20. The summed E-state index contributed by atoms with van der Waals surface area (Å²) in [6.45, 7) is 1.93. The number of anilines is 2. The second kappa shape index (κ2) is 9.36. The zero-order valence-corrected chi connectivity index (χ0v) is 18.8. The maximum Gasteiger partial charge on any atom is 0.416 e. The molecule has 0 aliphatic carbocycles. The number of aryl methyl sites for hydroxylation is 1. The van der Waals surface area contributed by atoms with Gasteiger partial charge in [-0.25, -0.2) is 14.8 Å². The van der Waals surface area contributed by atoms with Gasteiger partial charge in [-0.3, -0.25) is 0 Å². The molecule has 2 aromatic heterocycles. The lowest BCUT2D eigenvalue weighted by molar-refractivity contribution is -0.137. The van der Waals surface area contributed by atoms with Crippen LogP contribution in [-0.4, -0.2) is 22.5 Å². The Bertz CT molecular complexity index is 1310. The van der Waals surface area contributed by atoms with E-state index in [1.54, 1.807) is 6.92 Å². The number of thiophene rings is 1. The van der Waals surface area contributed by atoms with Crippen LogP contribution < -0.4 is 5.32 Å². The van der Waals surface area contributed by atoms with E-state index >= 15 is 0 Å². The smallest absolute Gasteiger partial charge is 0.416 e. The van der Waals surface area contributed by atoms with E-state index < -0.39 is 17.7 Å². The van der Waals surface area contributed by atoms with Crippen LogP contribution in [0, 0.1) is 6.92 Å². The first-order valence-electron chi connectivity index (χ1n) is 9.83. The molecule has 1 N–H and O–H groups in total. The van der Waals surface area contributed by atoms with E-state index in [0.29, 0.717) is 27.1 Å². The van der Waals surface area contributed by atoms with Gasteiger partial charge in [0.15, 0.2) is 0 Å². The van der Waals surface area contributed by atoms with Gasteiger partial charge in [0.2, 0.25) is 0 Å². The Morgan fingerprint density at radius 2 is 1.91 bits per heavy atom. The van der Waals surface area contributed by atoms with Crippen LogP contribution in [0.2, 0.25) is 5.02 Å². The molecule has 170 valence electrons. The molecule has 4 rings (SSSR count). The molecule has 2 aromatic carbocycles. The Kier molecular flexibility index (Phi) is 6.53. The third-order valence-electron chi connectivity index (χ3n) is 4.93. The van der Waals surface area contributed by atoms with Crippen LogP contribution in [0.1, 0.15) is 26.4 Å². The van der Waals surface area contributed by atoms with E-state index in [-0.39, 0.29) is 23.1 Å². The zero-order chi connectivity index (χ0) is 23.6. The van der Waals surface area contributed by atoms with Crippen molar-refractivity contribution in [2.24, 2.45) is 0 Å². The summed E-state index contributed by atoms with van der Waals surface area (Å²) in [7, 11) is 0. The monoisotopic (exact) mass is 491 g/mol. The molecule has 0 saturated heterocycles. The average Bonchev–Trinajstić information content (AvgIpc) is 3.13. The van der Waals surface area contributed by atoms with Gasteiger partial charge in [-0.2, -0.15) is 13.2 Å². The molecule has 2 heterocycles. The summed E-state index contributed by atoms with van der Waals surface area (Å²) in [5, 5.41) is 3.48. The summed E-state index contributed by atoms with van der Waals surface area (Å²) >= 11 is 7.24. The van der Waals surface area contributed by atoms with Crippen molar-refractivity contribution in [1.29, 1.82) is 0 Å². The van der Waals surface area contributed by atoms with Crippen molar-refractivity contribution in [2.75, 3.05) is 11.9 Å². The number of nitrogens with one attached hydrogen (secondary N) is 1. The highest BCUT2D eigenvalue weighted by Gasteiger charge is 2.31. The van der Waals surface area contributed by atoms with Crippen LogP contribution in [0.3, 0.4) is 0 Å². The minimum absolute atomic E-state index is 0.0454. The lowest BCUT2D eigenvalue weighted by atomic mass is 10.1. The largest absolute Gasteiger partial charge is 0.461 e. The van der Waals surface area contributed by atoms with E-state index in [0.717, 1.165) is 29.0 Å². The van der Waals surface area contributed by atoms with Crippen LogP contribution in [0.4, 0.5) is 24.7 Å². The minimum atomic E-state index is -4.52. The van der Waals surface area contributed by atoms with Crippen LogP contribution in [0.25, 0.3) is 10.2 Å². The molecule has 0 amide bonds. The topological polar surface area (TPSA) is 64.1 Å². The van der Waals surface area contributed by atoms with Gasteiger partial charge in [0.1, 0.15) is 21.9 Å². The number of aromatic nitrogens is 2. The van der Waals surface area contributed by atoms with Crippen molar-refractivity contribution in [2.45, 2.75) is 19.5 Å². The van der Waals surface area contributed by atoms with Gasteiger partial charge in [0, 0.05) is 6.42 Å². The highest BCUT2D eigenvalue weighted by Crippen LogP contribution is 2.38. The number of nitrogens with zero attached hydrogens (tertiary/aromatic N) is 2. The van der Waals surface area contributed by atoms with Gasteiger partial charge in [0.25, 0.3) is 0 Å². The fourth-order valence-corrected chi connectivity index (χ4v) is 4.47. The number of ether oxygens (including phenoxy) is 1. The van der Waals surface area contributed by atoms with E-state index in [9.17, 15) is 18.0 Å². The number of carbonyl (C=O) groups excluding carboxylic acids is 1. The van der Waals surface area contributed by atoms with Crippen molar-refractivity contribution in [1.82, 2.24) is 9.97 Å². The minimum Gasteiger partial charge on any atom is -0.461 e. The maximum atomic E-state index is 13.1. The summed E-state index contributed by atoms with van der Waals surface area (Å²) in [5.41, 5.74) is 0.827. The van der Waals surface area contributed by atoms with E-state index in [4.69, 9.17) is 16.3 Å². The highest BCUT2D eigenvalue weighted by atomic mass is 35.5. The van der Waals surface area contributed by atoms with Crippen LogP contribution in [-0.2, 0) is 17.3 Å². The first kappa shape index (κ1) is 23.0. The molecule has 33 heavy (non-hydrogen) atoms. The van der Waals surface area contributed by atoms with Crippen LogP contribution in [0.5, 0.6) is 0 Å². The molecule has 5 nitrogen and oxygen atoms in total. The van der Waals surface area contributed by atoms with Gasteiger partial charge < -0.3 is 10.1 Å². The lowest BCUT2D eigenvalue weighted by Crippen LogP contribution is -2.08. The lowest BCUT2D eigenvalue weighted by Gasteiger charge is -2.12. The average molecular weight is 492 g/mol. The first-order valence-corrected chi connectivity index (χ1v) is 11.0. The van der Waals surface area contributed by atoms with Crippen molar-refractivity contribution in [3.8, 4) is 0 Å². The van der Waals surface area contributed by atoms with Gasteiger partial charge >= 0.3 is 12.1 Å². The van der Waals surface area contributed by atoms with E-state index in [2.05, 4.69) is 15.3 Å². The molecule has 0 aliphatic heterocycles. The summed E-state index contributed by atoms with van der Waals surface area (Å²) in [5.74, 6) is -0.243. The van der Waals surface area contributed by atoms with Crippen LogP contribution in [0.15, 0.2) is 54.9 Å². The molecule has 10 heteroatoms. The number of esters is 1. The number of alkyl halides is 3. The molecule has 0 spiro atoms. The number of halogens is 4. The summed E-state index contributed by atoms with van der Waals surface area (Å²) in [4.78, 5) is 21.9. The van der Waals surface area contributed by atoms with Gasteiger partial charge in [0.05, 0.1) is 28.3 Å². The van der Waals surface area contributed by atoms with Crippen LogP contribution >= 0.6 is 22.9 Å². The molecule has 0 fully saturated rings. The quantitative estimate of drug-likeness (QED) is 0.300. The molecular formula is C23H17ClF3N3O2S. The number of fused-ring (bicyclic) bond motifs is 1. The molecular weight excluding hydrogens is 475 g/mol. The summed E-state index contributed by atoms with van der Waals surface area (Å²) < 4.78 is 44.8. The number of carbonyl (C=O) groups is 1. The Morgan fingerprint density at radius 1 is 1.15 bits per heavy atom. The third kappa shape index (κ3) is 5.09. The van der Waals surface area contributed by atoms with E-state index in [1.165, 1.54) is 12.4 Å². The standard InChI is InChI=1S/C23H17ClF3N3O2S/c1-13-18-20(30-17-11-15(23(25,26)27)7-8-16(17)24)28-12-29-21(18)33-19(13)22(31)32-10-9-14-5-3-2-4-6-14/h2-8,11-12H,9-10H2,1H3,(H,28,29,30). The summed E-state index contributed by atoms with van der Waals surface area (Å²) in [6.07, 6.45) is -2.67. The Morgan fingerprint density at radius 3 is 2.64 bits per heavy atom. The Labute approximate surface area is 196 Å². The molecule has 0 bridgehead atoms. The fourth-order valence-electron chi connectivity index (χ4n) is 3.26. The molecule has 0 aliphatic rings. The Hall–Kier alpha value is -3.17. The normalized spacial score (nSPS) is 11.5. The number of hydrogen-bond acceptors (Lipinski definition) is 6.